The Morgan fingerprint density at radius 3 is 2.57 bits per heavy atom. The molecule has 1 aliphatic carbocycles. The molecule has 0 bridgehead atoms. The predicted molar refractivity (Wildman–Crippen MR) is 85.8 cm³/mol. The van der Waals surface area contributed by atoms with Crippen LogP contribution >= 0.6 is 0 Å². The minimum absolute atomic E-state index is 0.137. The van der Waals surface area contributed by atoms with Crippen LogP contribution in [0, 0.1) is 5.82 Å². The van der Waals surface area contributed by atoms with Gasteiger partial charge in [0.1, 0.15) is 0 Å². The topological polar surface area (TPSA) is 44.8 Å². The lowest BCUT2D eigenvalue weighted by Gasteiger charge is -2.34. The number of piperazine rings is 1. The summed E-state index contributed by atoms with van der Waals surface area (Å²) in [7, 11) is 1.47. The third-order valence-electron chi connectivity index (χ3n) is 4.40. The van der Waals surface area contributed by atoms with E-state index in [-0.39, 0.29) is 17.5 Å². The summed E-state index contributed by atoms with van der Waals surface area (Å²) in [6, 6.07) is 5.53. The highest BCUT2D eigenvalue weighted by Gasteiger charge is 2.25. The van der Waals surface area contributed by atoms with E-state index in [0.29, 0.717) is 12.6 Å². The molecule has 2 aliphatic rings. The number of halogens is 1. The quantitative estimate of drug-likeness (QED) is 0.856. The molecule has 1 aromatic carbocycles. The average Bonchev–Trinajstić information content (AvgIpc) is 3.33. The molecule has 0 spiro atoms. The molecule has 1 saturated carbocycles. The first-order valence-electron chi connectivity index (χ1n) is 8.20. The summed E-state index contributed by atoms with van der Waals surface area (Å²) in [5.74, 6) is 0.0961. The van der Waals surface area contributed by atoms with Gasteiger partial charge in [-0.05, 0) is 30.5 Å². The number of ether oxygens (including phenoxy) is 1. The highest BCUT2D eigenvalue weighted by atomic mass is 19.1. The molecule has 126 valence electrons. The molecule has 1 heterocycles. The van der Waals surface area contributed by atoms with Crippen LogP contribution < -0.4 is 10.1 Å². The number of carbonyl (C=O) groups is 1. The molecule has 1 amide bonds. The highest BCUT2D eigenvalue weighted by Crippen LogP contribution is 2.20. The first-order valence-corrected chi connectivity index (χ1v) is 8.20. The second-order valence-electron chi connectivity index (χ2n) is 6.36. The van der Waals surface area contributed by atoms with E-state index in [2.05, 4.69) is 15.1 Å². The molecule has 1 aromatic rings. The van der Waals surface area contributed by atoms with E-state index >= 15 is 0 Å². The van der Waals surface area contributed by atoms with Gasteiger partial charge in [-0.25, -0.2) is 4.39 Å². The van der Waals surface area contributed by atoms with Crippen molar-refractivity contribution in [2.75, 3.05) is 39.8 Å². The molecule has 1 N–H and O–H groups in total. The summed E-state index contributed by atoms with van der Waals surface area (Å²) in [4.78, 5) is 16.3. The number of carbonyl (C=O) groups excluding carboxylic acids is 1. The summed E-state index contributed by atoms with van der Waals surface area (Å²) in [6.45, 7) is 4.74. The van der Waals surface area contributed by atoms with Crippen LogP contribution in [0.5, 0.6) is 5.75 Å². The van der Waals surface area contributed by atoms with E-state index < -0.39 is 0 Å². The molecule has 0 radical (unpaired) electrons. The van der Waals surface area contributed by atoms with E-state index in [4.69, 9.17) is 4.74 Å². The molecule has 6 heteroatoms. The zero-order chi connectivity index (χ0) is 16.2. The van der Waals surface area contributed by atoms with Gasteiger partial charge in [0.15, 0.2) is 11.6 Å². The fourth-order valence-corrected chi connectivity index (χ4v) is 2.88. The fraction of sp³-hybridized carbons (Fsp3) is 0.588. The molecule has 3 rings (SSSR count). The number of nitrogens with zero attached hydrogens (tertiary/aromatic N) is 2. The maximum Gasteiger partial charge on any atom is 0.234 e. The van der Waals surface area contributed by atoms with Crippen LogP contribution in [0.4, 0.5) is 4.39 Å². The van der Waals surface area contributed by atoms with Crippen molar-refractivity contribution in [3.05, 3.63) is 29.6 Å². The summed E-state index contributed by atoms with van der Waals surface area (Å²) in [6.07, 6.45) is 2.25. The summed E-state index contributed by atoms with van der Waals surface area (Å²) in [5, 5.41) is 3.02. The molecule has 1 aliphatic heterocycles. The number of nitrogens with one attached hydrogen (secondary N) is 1. The van der Waals surface area contributed by atoms with Gasteiger partial charge in [0, 0.05) is 38.8 Å². The van der Waals surface area contributed by atoms with Crippen LogP contribution in [0.3, 0.4) is 0 Å². The lowest BCUT2D eigenvalue weighted by atomic mass is 10.2. The Hall–Kier alpha value is -1.66. The molecule has 2 fully saturated rings. The van der Waals surface area contributed by atoms with Crippen molar-refractivity contribution in [2.45, 2.75) is 25.4 Å². The number of rotatable bonds is 6. The molecule has 1 saturated heterocycles. The normalized spacial score (nSPS) is 19.6. The third-order valence-corrected chi connectivity index (χ3v) is 4.40. The van der Waals surface area contributed by atoms with Crippen molar-refractivity contribution < 1.29 is 13.9 Å². The molecule has 0 aromatic heterocycles. The van der Waals surface area contributed by atoms with Crippen molar-refractivity contribution >= 4 is 5.91 Å². The predicted octanol–water partition coefficient (Wildman–Crippen LogP) is 1.23. The summed E-state index contributed by atoms with van der Waals surface area (Å²) < 4.78 is 18.7. The van der Waals surface area contributed by atoms with E-state index in [1.54, 1.807) is 6.07 Å². The van der Waals surface area contributed by atoms with Crippen molar-refractivity contribution in [2.24, 2.45) is 0 Å². The Labute approximate surface area is 136 Å². The molecule has 0 atom stereocenters. The van der Waals surface area contributed by atoms with Gasteiger partial charge in [0.05, 0.1) is 13.7 Å². The summed E-state index contributed by atoms with van der Waals surface area (Å²) >= 11 is 0. The highest BCUT2D eigenvalue weighted by molar-refractivity contribution is 5.78. The lowest BCUT2D eigenvalue weighted by Crippen LogP contribution is -2.49. The van der Waals surface area contributed by atoms with Crippen molar-refractivity contribution in [1.29, 1.82) is 0 Å². The number of hydrogen-bond donors (Lipinski definition) is 1. The molecule has 0 unspecified atom stereocenters. The Balaban J connectivity index is 1.43. The van der Waals surface area contributed by atoms with Gasteiger partial charge < -0.3 is 10.1 Å². The third kappa shape index (κ3) is 4.65. The van der Waals surface area contributed by atoms with Gasteiger partial charge >= 0.3 is 0 Å². The van der Waals surface area contributed by atoms with Gasteiger partial charge in [-0.1, -0.05) is 6.07 Å². The zero-order valence-corrected chi connectivity index (χ0v) is 13.6. The minimum atomic E-state index is -0.319. The standard InChI is InChI=1S/C17H24FN3O2/c1-23-16-5-2-13(10-15(16)18)11-20-6-8-21(9-7-20)12-17(22)19-14-3-4-14/h2,5,10,14H,3-4,6-9,11-12H2,1H3,(H,19,22). The zero-order valence-electron chi connectivity index (χ0n) is 13.6. The van der Waals surface area contributed by atoms with Crippen LogP contribution in [0.1, 0.15) is 18.4 Å². The number of amides is 1. The van der Waals surface area contributed by atoms with Crippen LogP contribution in [0.15, 0.2) is 18.2 Å². The Morgan fingerprint density at radius 1 is 1.26 bits per heavy atom. The number of methoxy groups -OCH3 is 1. The molecule has 23 heavy (non-hydrogen) atoms. The van der Waals surface area contributed by atoms with E-state index in [1.807, 2.05) is 6.07 Å². The van der Waals surface area contributed by atoms with Gasteiger partial charge in [-0.2, -0.15) is 0 Å². The van der Waals surface area contributed by atoms with Gasteiger partial charge in [0.2, 0.25) is 5.91 Å². The summed E-state index contributed by atoms with van der Waals surface area (Å²) in [5.41, 5.74) is 0.947. The van der Waals surface area contributed by atoms with Crippen molar-refractivity contribution in [3.8, 4) is 5.75 Å². The fourth-order valence-electron chi connectivity index (χ4n) is 2.88. The van der Waals surface area contributed by atoms with Gasteiger partial charge in [0.25, 0.3) is 0 Å². The van der Waals surface area contributed by atoms with Crippen LogP contribution in [0.2, 0.25) is 0 Å². The Morgan fingerprint density at radius 2 is 1.96 bits per heavy atom. The second kappa shape index (κ2) is 7.27. The maximum atomic E-state index is 13.7. The number of hydrogen-bond acceptors (Lipinski definition) is 4. The number of benzene rings is 1. The van der Waals surface area contributed by atoms with Crippen LogP contribution in [-0.4, -0.2) is 61.6 Å². The monoisotopic (exact) mass is 321 g/mol. The maximum absolute atomic E-state index is 13.7. The van der Waals surface area contributed by atoms with Gasteiger partial charge in [-0.3, -0.25) is 14.6 Å². The first kappa shape index (κ1) is 16.2. The van der Waals surface area contributed by atoms with Crippen molar-refractivity contribution in [3.63, 3.8) is 0 Å². The molecule has 5 nitrogen and oxygen atoms in total. The first-order chi connectivity index (χ1) is 11.1. The smallest absolute Gasteiger partial charge is 0.234 e. The van der Waals surface area contributed by atoms with Crippen molar-refractivity contribution in [1.82, 2.24) is 15.1 Å². The van der Waals surface area contributed by atoms with E-state index in [9.17, 15) is 9.18 Å². The molecular weight excluding hydrogens is 297 g/mol. The Bertz CT molecular complexity index is 555. The largest absolute Gasteiger partial charge is 0.494 e. The second-order valence-corrected chi connectivity index (χ2v) is 6.36. The van der Waals surface area contributed by atoms with E-state index in [1.165, 1.54) is 13.2 Å². The average molecular weight is 321 g/mol. The SMILES string of the molecule is COc1ccc(CN2CCN(CC(=O)NC3CC3)CC2)cc1F. The van der Waals surface area contributed by atoms with Crippen LogP contribution in [0.25, 0.3) is 0 Å². The van der Waals surface area contributed by atoms with Crippen LogP contribution in [-0.2, 0) is 11.3 Å². The lowest BCUT2D eigenvalue weighted by molar-refractivity contribution is -0.122. The minimum Gasteiger partial charge on any atom is -0.494 e. The molecular formula is C17H24FN3O2. The Kier molecular flexibility index (Phi) is 5.13. The van der Waals surface area contributed by atoms with E-state index in [0.717, 1.165) is 51.1 Å². The van der Waals surface area contributed by atoms with Gasteiger partial charge in [-0.15, -0.1) is 0 Å².